The highest BCUT2D eigenvalue weighted by Gasteiger charge is 2.22. The molecule has 2 aromatic carbocycles. The van der Waals surface area contributed by atoms with Gasteiger partial charge in [-0.25, -0.2) is 4.39 Å². The van der Waals surface area contributed by atoms with E-state index in [4.69, 9.17) is 0 Å². The van der Waals surface area contributed by atoms with Crippen molar-refractivity contribution in [3.05, 3.63) is 118 Å². The van der Waals surface area contributed by atoms with E-state index in [0.29, 0.717) is 0 Å². The molecule has 3 aliphatic rings. The zero-order valence-corrected chi connectivity index (χ0v) is 17.9. The Labute approximate surface area is 184 Å². The Morgan fingerprint density at radius 2 is 1.68 bits per heavy atom. The van der Waals surface area contributed by atoms with Gasteiger partial charge in [0.1, 0.15) is 5.82 Å². The third-order valence-corrected chi connectivity index (χ3v) is 6.63. The second-order valence-electron chi connectivity index (χ2n) is 8.59. The number of likely N-dealkylation sites (tertiary alicyclic amines) is 1. The van der Waals surface area contributed by atoms with Crippen molar-refractivity contribution in [2.45, 2.75) is 25.7 Å². The van der Waals surface area contributed by atoms with Crippen molar-refractivity contribution in [2.24, 2.45) is 0 Å². The van der Waals surface area contributed by atoms with Gasteiger partial charge in [-0.1, -0.05) is 78.4 Å². The molecule has 1 saturated heterocycles. The van der Waals surface area contributed by atoms with E-state index in [1.54, 1.807) is 11.1 Å². The molecule has 1 fully saturated rings. The van der Waals surface area contributed by atoms with Crippen molar-refractivity contribution >= 4 is 12.2 Å². The van der Waals surface area contributed by atoms with Crippen LogP contribution < -0.4 is 0 Å². The Morgan fingerprint density at radius 1 is 0.871 bits per heavy atom. The molecular weight excluding hydrogens is 381 g/mol. The van der Waals surface area contributed by atoms with Crippen LogP contribution in [0.25, 0.3) is 12.2 Å². The smallest absolute Gasteiger partial charge is 0.123 e. The second-order valence-corrected chi connectivity index (χ2v) is 8.59. The molecule has 1 heterocycles. The van der Waals surface area contributed by atoms with Crippen LogP contribution in [0.4, 0.5) is 4.39 Å². The molecule has 1 aliphatic heterocycles. The first-order chi connectivity index (χ1) is 15.3. The van der Waals surface area contributed by atoms with E-state index in [1.165, 1.54) is 34.4 Å². The molecule has 0 bridgehead atoms. The minimum absolute atomic E-state index is 0.183. The lowest BCUT2D eigenvalue weighted by Crippen LogP contribution is -2.31. The van der Waals surface area contributed by atoms with Crippen LogP contribution in [0.1, 0.15) is 36.0 Å². The van der Waals surface area contributed by atoms with E-state index in [0.717, 1.165) is 50.9 Å². The normalized spacial score (nSPS) is 19.0. The Hall–Kier alpha value is -2.97. The van der Waals surface area contributed by atoms with Crippen molar-refractivity contribution < 1.29 is 4.39 Å². The molecule has 2 aromatic rings. The van der Waals surface area contributed by atoms with Crippen LogP contribution in [0, 0.1) is 5.82 Å². The van der Waals surface area contributed by atoms with Gasteiger partial charge in [0, 0.05) is 19.6 Å². The molecule has 0 saturated carbocycles. The maximum atomic E-state index is 13.0. The van der Waals surface area contributed by atoms with Crippen LogP contribution in [0.2, 0.25) is 0 Å². The summed E-state index contributed by atoms with van der Waals surface area (Å²) >= 11 is 0. The molecule has 0 aromatic heterocycles. The minimum Gasteiger partial charge on any atom is -0.299 e. The molecule has 0 amide bonds. The molecule has 5 rings (SSSR count). The van der Waals surface area contributed by atoms with Gasteiger partial charge in [-0.3, -0.25) is 4.90 Å². The molecular formula is C29H28FN. The number of nitrogens with zero attached hydrogens (tertiary/aromatic N) is 1. The Morgan fingerprint density at radius 3 is 2.52 bits per heavy atom. The summed E-state index contributed by atoms with van der Waals surface area (Å²) in [5.74, 6) is -0.183. The van der Waals surface area contributed by atoms with Gasteiger partial charge >= 0.3 is 0 Å². The molecule has 31 heavy (non-hydrogen) atoms. The third kappa shape index (κ3) is 4.55. The van der Waals surface area contributed by atoms with E-state index in [-0.39, 0.29) is 5.82 Å². The first-order valence-electron chi connectivity index (χ1n) is 11.3. The maximum absolute atomic E-state index is 13.0. The fourth-order valence-corrected chi connectivity index (χ4v) is 4.87. The highest BCUT2D eigenvalue weighted by molar-refractivity contribution is 5.66. The van der Waals surface area contributed by atoms with Gasteiger partial charge in [0.05, 0.1) is 0 Å². The molecule has 1 nitrogen and oxygen atoms in total. The fraction of sp³-hybridized carbons (Fsp3) is 0.241. The molecule has 2 heteroatoms. The summed E-state index contributed by atoms with van der Waals surface area (Å²) < 4.78 is 13.0. The van der Waals surface area contributed by atoms with Gasteiger partial charge in [0.2, 0.25) is 0 Å². The van der Waals surface area contributed by atoms with Crippen molar-refractivity contribution in [3.8, 4) is 0 Å². The Bertz CT molecular complexity index is 1100. The summed E-state index contributed by atoms with van der Waals surface area (Å²) in [5, 5.41) is 0. The summed E-state index contributed by atoms with van der Waals surface area (Å²) in [6.45, 7) is 3.15. The average Bonchev–Trinajstić information content (AvgIpc) is 3.00. The summed E-state index contributed by atoms with van der Waals surface area (Å²) in [6, 6.07) is 15.5. The lowest BCUT2D eigenvalue weighted by Gasteiger charge is -2.30. The van der Waals surface area contributed by atoms with Crippen LogP contribution >= 0.6 is 0 Å². The van der Waals surface area contributed by atoms with Crippen molar-refractivity contribution in [2.75, 3.05) is 19.6 Å². The van der Waals surface area contributed by atoms with Gasteiger partial charge in [-0.05, 0) is 71.2 Å². The lowest BCUT2D eigenvalue weighted by atomic mass is 9.83. The molecule has 156 valence electrons. The van der Waals surface area contributed by atoms with Crippen LogP contribution in [-0.2, 0) is 6.42 Å². The summed E-state index contributed by atoms with van der Waals surface area (Å²) in [7, 11) is 0. The summed E-state index contributed by atoms with van der Waals surface area (Å²) in [4.78, 5) is 2.51. The molecule has 0 spiro atoms. The van der Waals surface area contributed by atoms with Gasteiger partial charge in [-0.2, -0.15) is 0 Å². The van der Waals surface area contributed by atoms with Crippen LogP contribution in [-0.4, -0.2) is 24.5 Å². The van der Waals surface area contributed by atoms with Crippen molar-refractivity contribution in [1.82, 2.24) is 4.90 Å². The van der Waals surface area contributed by atoms with Crippen molar-refractivity contribution in [3.63, 3.8) is 0 Å². The summed E-state index contributed by atoms with van der Waals surface area (Å²) in [5.41, 5.74) is 9.97. The highest BCUT2D eigenvalue weighted by Crippen LogP contribution is 2.36. The Kier molecular flexibility index (Phi) is 5.82. The molecule has 0 N–H and O–H groups in total. The number of hydrogen-bond acceptors (Lipinski definition) is 1. The van der Waals surface area contributed by atoms with E-state index < -0.39 is 0 Å². The minimum atomic E-state index is -0.183. The number of rotatable bonds is 3. The Balaban J connectivity index is 1.27. The van der Waals surface area contributed by atoms with Crippen molar-refractivity contribution in [1.29, 1.82) is 0 Å². The summed E-state index contributed by atoms with van der Waals surface area (Å²) in [6.07, 6.45) is 17.9. The average molecular weight is 410 g/mol. The predicted molar refractivity (Wildman–Crippen MR) is 128 cm³/mol. The number of benzene rings is 2. The lowest BCUT2D eigenvalue weighted by molar-refractivity contribution is 0.282. The van der Waals surface area contributed by atoms with Gasteiger partial charge in [0.15, 0.2) is 0 Å². The van der Waals surface area contributed by atoms with E-state index >= 15 is 0 Å². The monoisotopic (exact) mass is 409 g/mol. The number of allylic oxidation sites excluding steroid dienone is 6. The maximum Gasteiger partial charge on any atom is 0.123 e. The van der Waals surface area contributed by atoms with E-state index in [9.17, 15) is 4.39 Å². The molecule has 0 radical (unpaired) electrons. The third-order valence-electron chi connectivity index (χ3n) is 6.63. The first kappa shape index (κ1) is 20.0. The number of halogens is 1. The van der Waals surface area contributed by atoms with E-state index in [1.807, 2.05) is 12.1 Å². The first-order valence-corrected chi connectivity index (χ1v) is 11.3. The zero-order valence-electron chi connectivity index (χ0n) is 17.9. The van der Waals surface area contributed by atoms with Crippen LogP contribution in [0.15, 0.2) is 95.1 Å². The number of fused-ring (bicyclic) bond motifs is 1. The SMILES string of the molecule is Fc1ccc(C=CCN2CCC(=C3CC=CC4=C3Cc3ccccc3C=C4)CC2)cc1. The highest BCUT2D eigenvalue weighted by atomic mass is 19.1. The number of hydrogen-bond donors (Lipinski definition) is 0. The second kappa shape index (κ2) is 9.03. The standard InChI is InChI=1S/C29H28FN/c30-27-14-10-22(11-15-27)5-4-18-31-19-16-25(17-20-31)28-9-3-8-24-13-12-23-6-1-2-7-26(23)21-29(24)28/h1-8,10-15H,9,16-21H2. The van der Waals surface area contributed by atoms with Gasteiger partial charge in [-0.15, -0.1) is 0 Å². The predicted octanol–water partition coefficient (Wildman–Crippen LogP) is 6.76. The van der Waals surface area contributed by atoms with Crippen LogP contribution in [0.5, 0.6) is 0 Å². The molecule has 0 unspecified atom stereocenters. The number of piperidine rings is 1. The largest absolute Gasteiger partial charge is 0.299 e. The molecule has 0 atom stereocenters. The quantitative estimate of drug-likeness (QED) is 0.541. The van der Waals surface area contributed by atoms with Crippen LogP contribution in [0.3, 0.4) is 0 Å². The fourth-order valence-electron chi connectivity index (χ4n) is 4.87. The molecule has 2 aliphatic carbocycles. The zero-order chi connectivity index (χ0) is 21.0. The van der Waals surface area contributed by atoms with Gasteiger partial charge < -0.3 is 0 Å². The van der Waals surface area contributed by atoms with Gasteiger partial charge in [0.25, 0.3) is 0 Å². The topological polar surface area (TPSA) is 3.24 Å². The van der Waals surface area contributed by atoms with E-state index in [2.05, 4.69) is 65.6 Å².